The van der Waals surface area contributed by atoms with Gasteiger partial charge in [-0.25, -0.2) is 10.9 Å². The molecule has 2 atom stereocenters. The first-order valence-corrected chi connectivity index (χ1v) is 4.90. The van der Waals surface area contributed by atoms with Crippen LogP contribution in [0.1, 0.15) is 20.8 Å². The Labute approximate surface area is 84.1 Å². The molecule has 1 amide bonds. The molecule has 0 aromatic rings. The SMILES string of the molecule is CCN(C(=O)C1NNNC1N)C(C)C. The van der Waals surface area contributed by atoms with E-state index in [4.69, 9.17) is 5.73 Å². The van der Waals surface area contributed by atoms with Crippen LogP contribution in [0.25, 0.3) is 0 Å². The number of hydrogen-bond acceptors (Lipinski definition) is 5. The van der Waals surface area contributed by atoms with E-state index in [0.717, 1.165) is 0 Å². The van der Waals surface area contributed by atoms with Crippen LogP contribution in [-0.4, -0.2) is 35.6 Å². The molecular formula is C8H19N5O. The number of rotatable bonds is 3. The van der Waals surface area contributed by atoms with Crippen molar-refractivity contribution in [1.82, 2.24) is 21.3 Å². The van der Waals surface area contributed by atoms with E-state index >= 15 is 0 Å². The monoisotopic (exact) mass is 201 g/mol. The molecule has 1 aliphatic heterocycles. The molecule has 0 aliphatic carbocycles. The summed E-state index contributed by atoms with van der Waals surface area (Å²) in [5, 5.41) is 0. The van der Waals surface area contributed by atoms with Gasteiger partial charge in [-0.2, -0.15) is 5.53 Å². The molecule has 0 radical (unpaired) electrons. The number of likely N-dealkylation sites (N-methyl/N-ethyl adjacent to an activating group) is 1. The third-order valence-electron chi connectivity index (χ3n) is 2.34. The summed E-state index contributed by atoms with van der Waals surface area (Å²) in [4.78, 5) is 13.7. The van der Waals surface area contributed by atoms with Gasteiger partial charge < -0.3 is 10.6 Å². The number of carbonyl (C=O) groups excluding carboxylic acids is 1. The lowest BCUT2D eigenvalue weighted by molar-refractivity contribution is -0.134. The molecule has 0 bridgehead atoms. The van der Waals surface area contributed by atoms with Gasteiger partial charge >= 0.3 is 0 Å². The Bertz CT molecular complexity index is 204. The Kier molecular flexibility index (Phi) is 3.82. The van der Waals surface area contributed by atoms with Gasteiger partial charge in [0.25, 0.3) is 0 Å². The zero-order chi connectivity index (χ0) is 10.7. The minimum Gasteiger partial charge on any atom is -0.339 e. The van der Waals surface area contributed by atoms with Crippen LogP contribution in [0.4, 0.5) is 0 Å². The molecule has 1 aliphatic rings. The molecule has 6 nitrogen and oxygen atoms in total. The van der Waals surface area contributed by atoms with Crippen molar-refractivity contribution in [2.45, 2.75) is 39.0 Å². The van der Waals surface area contributed by atoms with Gasteiger partial charge in [0.1, 0.15) is 6.04 Å². The smallest absolute Gasteiger partial charge is 0.244 e. The lowest BCUT2D eigenvalue weighted by atomic mass is 10.2. The molecule has 0 aromatic heterocycles. The van der Waals surface area contributed by atoms with E-state index in [2.05, 4.69) is 16.4 Å². The highest BCUT2D eigenvalue weighted by Crippen LogP contribution is 2.04. The molecule has 14 heavy (non-hydrogen) atoms. The first kappa shape index (κ1) is 11.4. The van der Waals surface area contributed by atoms with Crippen molar-refractivity contribution in [3.8, 4) is 0 Å². The molecule has 6 heteroatoms. The summed E-state index contributed by atoms with van der Waals surface area (Å²) >= 11 is 0. The predicted molar refractivity (Wildman–Crippen MR) is 53.7 cm³/mol. The second kappa shape index (κ2) is 4.70. The third-order valence-corrected chi connectivity index (χ3v) is 2.34. The minimum absolute atomic E-state index is 0.0208. The number of carbonyl (C=O) groups is 1. The minimum atomic E-state index is -0.391. The average Bonchev–Trinajstić information content (AvgIpc) is 2.51. The molecule has 2 unspecified atom stereocenters. The lowest BCUT2D eigenvalue weighted by Gasteiger charge is -2.28. The van der Waals surface area contributed by atoms with E-state index in [0.29, 0.717) is 6.54 Å². The number of amides is 1. The second-order valence-corrected chi connectivity index (χ2v) is 3.64. The average molecular weight is 201 g/mol. The molecule has 0 saturated carbocycles. The van der Waals surface area contributed by atoms with E-state index < -0.39 is 6.04 Å². The van der Waals surface area contributed by atoms with E-state index in [1.54, 1.807) is 4.90 Å². The fourth-order valence-electron chi connectivity index (χ4n) is 1.55. The topological polar surface area (TPSA) is 82.4 Å². The standard InChI is InChI=1S/C8H19N5O/c1-4-13(5(2)3)8(14)6-7(9)11-12-10-6/h5-7,10-12H,4,9H2,1-3H3. The van der Waals surface area contributed by atoms with Crippen LogP contribution in [-0.2, 0) is 4.79 Å². The van der Waals surface area contributed by atoms with Crippen LogP contribution in [0.2, 0.25) is 0 Å². The third kappa shape index (κ3) is 2.21. The maximum atomic E-state index is 11.9. The van der Waals surface area contributed by atoms with E-state index in [1.807, 2.05) is 20.8 Å². The Balaban J connectivity index is 2.62. The van der Waals surface area contributed by atoms with Crippen LogP contribution in [0.5, 0.6) is 0 Å². The Morgan fingerprint density at radius 1 is 1.50 bits per heavy atom. The quantitative estimate of drug-likeness (QED) is 0.447. The lowest BCUT2D eigenvalue weighted by Crippen LogP contribution is -2.54. The number of hydrogen-bond donors (Lipinski definition) is 4. The molecule has 1 rings (SSSR count). The van der Waals surface area contributed by atoms with Crippen molar-refractivity contribution in [1.29, 1.82) is 0 Å². The number of nitrogens with one attached hydrogen (secondary N) is 3. The normalized spacial score (nSPS) is 26.9. The van der Waals surface area contributed by atoms with Gasteiger partial charge in [0, 0.05) is 12.6 Å². The van der Waals surface area contributed by atoms with Gasteiger partial charge in [0.15, 0.2) is 0 Å². The molecule has 0 aromatic carbocycles. The summed E-state index contributed by atoms with van der Waals surface area (Å²) in [6.07, 6.45) is -0.379. The number of hydrazine groups is 2. The molecule has 1 heterocycles. The van der Waals surface area contributed by atoms with E-state index in [-0.39, 0.29) is 18.1 Å². The summed E-state index contributed by atoms with van der Waals surface area (Å²) in [5.41, 5.74) is 13.9. The summed E-state index contributed by atoms with van der Waals surface area (Å²) in [6, 6.07) is -0.195. The van der Waals surface area contributed by atoms with Crippen LogP contribution in [0.15, 0.2) is 0 Å². The van der Waals surface area contributed by atoms with Crippen molar-refractivity contribution in [2.75, 3.05) is 6.54 Å². The maximum Gasteiger partial charge on any atom is 0.244 e. The number of nitrogens with zero attached hydrogens (tertiary/aromatic N) is 1. The summed E-state index contributed by atoms with van der Waals surface area (Å²) in [5.74, 6) is 0.0208. The van der Waals surface area contributed by atoms with Gasteiger partial charge in [-0.1, -0.05) is 0 Å². The molecular weight excluding hydrogens is 182 g/mol. The Hall–Kier alpha value is -0.690. The van der Waals surface area contributed by atoms with Crippen molar-refractivity contribution in [2.24, 2.45) is 5.73 Å². The van der Waals surface area contributed by atoms with Crippen molar-refractivity contribution < 1.29 is 4.79 Å². The Morgan fingerprint density at radius 2 is 2.14 bits per heavy atom. The van der Waals surface area contributed by atoms with Crippen molar-refractivity contribution >= 4 is 5.91 Å². The highest BCUT2D eigenvalue weighted by atomic mass is 16.2. The number of nitrogens with two attached hydrogens (primary N) is 1. The maximum absolute atomic E-state index is 11.9. The summed E-state index contributed by atoms with van der Waals surface area (Å²) in [6.45, 7) is 6.63. The van der Waals surface area contributed by atoms with Gasteiger partial charge in [-0.3, -0.25) is 4.79 Å². The van der Waals surface area contributed by atoms with Crippen LogP contribution >= 0.6 is 0 Å². The van der Waals surface area contributed by atoms with Crippen LogP contribution < -0.4 is 22.1 Å². The Morgan fingerprint density at radius 3 is 2.50 bits per heavy atom. The summed E-state index contributed by atoms with van der Waals surface area (Å²) < 4.78 is 0. The fraction of sp³-hybridized carbons (Fsp3) is 0.875. The van der Waals surface area contributed by atoms with Gasteiger partial charge in [-0.15, -0.1) is 0 Å². The highest BCUT2D eigenvalue weighted by molar-refractivity contribution is 5.83. The van der Waals surface area contributed by atoms with Crippen molar-refractivity contribution in [3.05, 3.63) is 0 Å². The van der Waals surface area contributed by atoms with Gasteiger partial charge in [0.05, 0.1) is 6.17 Å². The first-order chi connectivity index (χ1) is 6.57. The second-order valence-electron chi connectivity index (χ2n) is 3.64. The predicted octanol–water partition coefficient (Wildman–Crippen LogP) is -1.49. The summed E-state index contributed by atoms with van der Waals surface area (Å²) in [7, 11) is 0. The molecule has 5 N–H and O–H groups in total. The van der Waals surface area contributed by atoms with Crippen molar-refractivity contribution in [3.63, 3.8) is 0 Å². The largest absolute Gasteiger partial charge is 0.339 e. The molecule has 1 fully saturated rings. The highest BCUT2D eigenvalue weighted by Gasteiger charge is 2.33. The van der Waals surface area contributed by atoms with Gasteiger partial charge in [-0.05, 0) is 20.8 Å². The zero-order valence-electron chi connectivity index (χ0n) is 8.87. The molecule has 82 valence electrons. The fourth-order valence-corrected chi connectivity index (χ4v) is 1.55. The van der Waals surface area contributed by atoms with Crippen LogP contribution in [0, 0.1) is 0 Å². The van der Waals surface area contributed by atoms with E-state index in [9.17, 15) is 4.79 Å². The van der Waals surface area contributed by atoms with Gasteiger partial charge in [0.2, 0.25) is 5.91 Å². The molecule has 1 saturated heterocycles. The van der Waals surface area contributed by atoms with Crippen LogP contribution in [0.3, 0.4) is 0 Å². The molecule has 0 spiro atoms. The van der Waals surface area contributed by atoms with E-state index in [1.165, 1.54) is 0 Å². The zero-order valence-corrected chi connectivity index (χ0v) is 8.87. The first-order valence-electron chi connectivity index (χ1n) is 4.90.